The minimum atomic E-state index is -0.564. The number of amides is 2. The lowest BCUT2D eigenvalue weighted by atomic mass is 10.0. The normalized spacial score (nSPS) is 12.6. The van der Waals surface area contributed by atoms with E-state index in [4.69, 9.17) is 15.6 Å². The van der Waals surface area contributed by atoms with E-state index in [1.54, 1.807) is 0 Å². The molecule has 0 rings (SSSR count). The first-order valence-corrected chi connectivity index (χ1v) is 22.9. The third-order valence-electron chi connectivity index (χ3n) is 8.98. The van der Waals surface area contributed by atoms with E-state index in [2.05, 4.69) is 23.6 Å². The lowest BCUT2D eigenvalue weighted by Crippen LogP contribution is -2.48. The van der Waals surface area contributed by atoms with Crippen molar-refractivity contribution in [3.8, 4) is 0 Å². The molecule has 326 valence electrons. The largest absolute Gasteiger partial charge is 0.444 e. The number of carbonyl (C=O) groups excluding carboxylic acids is 2. The smallest absolute Gasteiger partial charge is 0.408 e. The van der Waals surface area contributed by atoms with Crippen molar-refractivity contribution < 1.29 is 24.5 Å². The molecule has 0 aliphatic heterocycles. The Balaban J connectivity index is -0.000000433. The number of hydrogen-bond donors (Lipinski definition) is 5. The predicted octanol–water partition coefficient (Wildman–Crippen LogP) is 12.3. The van der Waals surface area contributed by atoms with Crippen LogP contribution in [0.2, 0.25) is 0 Å². The van der Waals surface area contributed by atoms with Crippen LogP contribution in [0.5, 0.6) is 0 Å². The standard InChI is InChI=1S/C23H46N2O3.C19H39NO2.2C2H6/c1-6-8-9-10-11-12-13-14-15-16-17-18-19-20(21(26)24-7-2)25-22(27)28-23(3,4)5;1-18(17-21)19(22)15-13-11-9-7-5-3-2-4-6-8-10-12-14-16-20;2*1-2/h20H,6-19H2,1-5H3,(H,24,26)(H,25,27);13,15,18-19,21-22H,2-12,14,16-17,20H2,1H3;2*1-2H3/b;15-13+;;/t;18?,19-;;/m.1../s1. The maximum Gasteiger partial charge on any atom is 0.408 e. The first-order chi connectivity index (χ1) is 26.0. The van der Waals surface area contributed by atoms with Gasteiger partial charge in [0, 0.05) is 19.1 Å². The van der Waals surface area contributed by atoms with Gasteiger partial charge in [-0.25, -0.2) is 4.79 Å². The fourth-order valence-corrected chi connectivity index (χ4v) is 5.74. The maximum atomic E-state index is 12.2. The Morgan fingerprint density at radius 2 is 1.09 bits per heavy atom. The summed E-state index contributed by atoms with van der Waals surface area (Å²) in [7, 11) is 0. The highest BCUT2D eigenvalue weighted by Gasteiger charge is 2.23. The van der Waals surface area contributed by atoms with E-state index in [9.17, 15) is 14.7 Å². The number of aliphatic hydroxyl groups excluding tert-OH is 2. The number of hydrogen-bond acceptors (Lipinski definition) is 6. The van der Waals surface area contributed by atoms with Crippen molar-refractivity contribution in [2.75, 3.05) is 19.7 Å². The number of nitrogens with two attached hydrogens (primary N) is 1. The van der Waals surface area contributed by atoms with Crippen LogP contribution in [0.25, 0.3) is 0 Å². The number of rotatable bonds is 32. The summed E-state index contributed by atoms with van der Waals surface area (Å²) in [5.74, 6) is -0.192. The van der Waals surface area contributed by atoms with Crippen molar-refractivity contribution in [1.29, 1.82) is 0 Å². The summed E-state index contributed by atoms with van der Waals surface area (Å²) in [5.41, 5.74) is 4.91. The number of nitrogens with one attached hydrogen (secondary N) is 2. The van der Waals surface area contributed by atoms with E-state index in [1.165, 1.54) is 135 Å². The quantitative estimate of drug-likeness (QED) is 0.0341. The molecular formula is C46H97N3O5. The average Bonchev–Trinajstić information content (AvgIpc) is 3.15. The number of allylic oxidation sites excluding steroid dienone is 1. The molecule has 0 fully saturated rings. The van der Waals surface area contributed by atoms with E-state index >= 15 is 0 Å². The van der Waals surface area contributed by atoms with Crippen LogP contribution in [0.1, 0.15) is 230 Å². The van der Waals surface area contributed by atoms with Crippen LogP contribution in [-0.2, 0) is 9.53 Å². The number of ether oxygens (including phenoxy) is 1. The van der Waals surface area contributed by atoms with Gasteiger partial charge in [-0.05, 0) is 59.9 Å². The molecule has 0 aromatic heterocycles. The van der Waals surface area contributed by atoms with Gasteiger partial charge in [0.2, 0.25) is 5.91 Å². The average molecular weight is 772 g/mol. The van der Waals surface area contributed by atoms with Gasteiger partial charge >= 0.3 is 6.09 Å². The molecule has 54 heavy (non-hydrogen) atoms. The van der Waals surface area contributed by atoms with Crippen molar-refractivity contribution in [3.05, 3.63) is 12.2 Å². The molecule has 0 bridgehead atoms. The topological polar surface area (TPSA) is 134 Å². The van der Waals surface area contributed by atoms with Crippen molar-refractivity contribution in [2.24, 2.45) is 11.7 Å². The molecule has 0 spiro atoms. The summed E-state index contributed by atoms with van der Waals surface area (Å²) in [5, 5.41) is 24.1. The number of carbonyl (C=O) groups is 2. The van der Waals surface area contributed by atoms with Gasteiger partial charge < -0.3 is 31.3 Å². The van der Waals surface area contributed by atoms with Crippen LogP contribution in [-0.4, -0.2) is 59.7 Å². The molecule has 0 heterocycles. The number of aliphatic hydroxyl groups is 2. The molecule has 0 aliphatic carbocycles. The Morgan fingerprint density at radius 3 is 1.48 bits per heavy atom. The Labute approximate surface area is 337 Å². The van der Waals surface area contributed by atoms with Gasteiger partial charge in [-0.1, -0.05) is 189 Å². The van der Waals surface area contributed by atoms with Gasteiger partial charge in [-0.2, -0.15) is 0 Å². The van der Waals surface area contributed by atoms with Crippen molar-refractivity contribution in [2.45, 2.75) is 248 Å². The van der Waals surface area contributed by atoms with Crippen molar-refractivity contribution in [3.63, 3.8) is 0 Å². The highest BCUT2D eigenvalue weighted by atomic mass is 16.6. The Morgan fingerprint density at radius 1 is 0.685 bits per heavy atom. The van der Waals surface area contributed by atoms with Gasteiger partial charge in [0.15, 0.2) is 0 Å². The highest BCUT2D eigenvalue weighted by Crippen LogP contribution is 2.15. The molecule has 0 aromatic rings. The molecule has 0 radical (unpaired) electrons. The molecule has 6 N–H and O–H groups in total. The molecule has 0 saturated heterocycles. The summed E-state index contributed by atoms with van der Waals surface area (Å²) in [6.07, 6.45) is 34.4. The molecule has 0 saturated carbocycles. The van der Waals surface area contributed by atoms with E-state index < -0.39 is 23.8 Å². The molecular weight excluding hydrogens is 675 g/mol. The van der Waals surface area contributed by atoms with Crippen LogP contribution < -0.4 is 16.4 Å². The number of alkyl carbamates (subject to hydrolysis) is 1. The Bertz CT molecular complexity index is 772. The van der Waals surface area contributed by atoms with E-state index in [1.807, 2.05) is 68.4 Å². The van der Waals surface area contributed by atoms with Gasteiger partial charge in [0.05, 0.1) is 6.10 Å². The van der Waals surface area contributed by atoms with Crippen molar-refractivity contribution in [1.82, 2.24) is 10.6 Å². The molecule has 8 heteroatoms. The van der Waals surface area contributed by atoms with Crippen molar-refractivity contribution >= 4 is 12.0 Å². The zero-order chi connectivity index (χ0) is 41.7. The second-order valence-corrected chi connectivity index (χ2v) is 15.3. The minimum absolute atomic E-state index is 0.0402. The van der Waals surface area contributed by atoms with Gasteiger partial charge in [-0.3, -0.25) is 4.79 Å². The summed E-state index contributed by atoms with van der Waals surface area (Å²) in [6.45, 7) is 20.9. The zero-order valence-electron chi connectivity index (χ0n) is 37.9. The monoisotopic (exact) mass is 772 g/mol. The second kappa shape index (κ2) is 47.5. The summed E-state index contributed by atoms with van der Waals surface area (Å²) >= 11 is 0. The van der Waals surface area contributed by atoms with Crippen LogP contribution in [0.15, 0.2) is 12.2 Å². The van der Waals surface area contributed by atoms with E-state index in [-0.39, 0.29) is 18.4 Å². The summed E-state index contributed by atoms with van der Waals surface area (Å²) < 4.78 is 5.28. The SMILES string of the molecule is CC.CC.CC(CO)[C@H](O)/C=C/CCCCCCCCCCCCCN.CCCCCCCCCCCCCCC(NC(=O)OC(C)(C)C)C(=O)NCC. The Hall–Kier alpha value is -1.64. The summed E-state index contributed by atoms with van der Waals surface area (Å²) in [6, 6.07) is -0.516. The molecule has 8 nitrogen and oxygen atoms in total. The van der Waals surface area contributed by atoms with E-state index in [0.717, 1.165) is 25.8 Å². The third-order valence-corrected chi connectivity index (χ3v) is 8.98. The summed E-state index contributed by atoms with van der Waals surface area (Å²) in [4.78, 5) is 24.2. The molecule has 2 amide bonds. The molecule has 3 atom stereocenters. The molecule has 0 aromatic carbocycles. The first-order valence-electron chi connectivity index (χ1n) is 22.9. The molecule has 2 unspecified atom stereocenters. The Kier molecular flexibility index (Phi) is 52.0. The predicted molar refractivity (Wildman–Crippen MR) is 236 cm³/mol. The lowest BCUT2D eigenvalue weighted by Gasteiger charge is -2.23. The maximum absolute atomic E-state index is 12.2. The first kappa shape index (κ1) is 59.1. The van der Waals surface area contributed by atoms with Crippen LogP contribution in [0, 0.1) is 5.92 Å². The number of unbranched alkanes of at least 4 members (excludes halogenated alkanes) is 22. The zero-order valence-corrected chi connectivity index (χ0v) is 37.9. The minimum Gasteiger partial charge on any atom is -0.444 e. The lowest BCUT2D eigenvalue weighted by molar-refractivity contribution is -0.123. The third kappa shape index (κ3) is 48.4. The van der Waals surface area contributed by atoms with Crippen LogP contribution in [0.4, 0.5) is 4.79 Å². The van der Waals surface area contributed by atoms with E-state index in [0.29, 0.717) is 13.0 Å². The number of likely N-dealkylation sites (N-methyl/N-ethyl adjacent to an activating group) is 1. The second-order valence-electron chi connectivity index (χ2n) is 15.3. The van der Waals surface area contributed by atoms with Gasteiger partial charge in [-0.15, -0.1) is 0 Å². The van der Waals surface area contributed by atoms with Crippen LogP contribution in [0.3, 0.4) is 0 Å². The van der Waals surface area contributed by atoms with Gasteiger partial charge in [0.1, 0.15) is 11.6 Å². The molecule has 0 aliphatic rings. The fraction of sp³-hybridized carbons (Fsp3) is 0.913. The fourth-order valence-electron chi connectivity index (χ4n) is 5.74. The highest BCUT2D eigenvalue weighted by molar-refractivity contribution is 5.85. The van der Waals surface area contributed by atoms with Gasteiger partial charge in [0.25, 0.3) is 0 Å². The van der Waals surface area contributed by atoms with Crippen LogP contribution >= 0.6 is 0 Å².